The number of hydrogen-bond donors (Lipinski definition) is 0. The van der Waals surface area contributed by atoms with Crippen LogP contribution in [0.2, 0.25) is 0 Å². The largest absolute Gasteiger partial charge is 0.448 e. The molecule has 4 heteroatoms. The lowest BCUT2D eigenvalue weighted by molar-refractivity contribution is 0.103. The molecular weight excluding hydrogens is 552 g/mol. The third-order valence-corrected chi connectivity index (χ3v) is 8.27. The summed E-state index contributed by atoms with van der Waals surface area (Å²) in [5.74, 6) is 0. The van der Waals surface area contributed by atoms with Crippen molar-refractivity contribution in [3.63, 3.8) is 0 Å². The quantitative estimate of drug-likeness (QED) is 0.0535. The second kappa shape index (κ2) is 36.7. The van der Waals surface area contributed by atoms with Crippen molar-refractivity contribution in [3.05, 3.63) is 48.6 Å². The van der Waals surface area contributed by atoms with Crippen LogP contribution < -0.4 is 0 Å². The van der Waals surface area contributed by atoms with Crippen LogP contribution >= 0.6 is 0 Å². The van der Waals surface area contributed by atoms with Gasteiger partial charge >= 0.3 is 6.09 Å². The molecule has 0 bridgehead atoms. The molecule has 0 spiro atoms. The monoisotopic (exact) mass is 629 g/mol. The number of nitrogens with zero attached hydrogens (tertiary/aromatic N) is 2. The lowest BCUT2D eigenvalue weighted by atomic mass is 10.1. The molecular formula is C41H76N2O2. The van der Waals surface area contributed by atoms with E-state index in [1.165, 1.54) is 141 Å². The fourth-order valence-corrected chi connectivity index (χ4v) is 5.23. The van der Waals surface area contributed by atoms with Gasteiger partial charge in [-0.05, 0) is 91.1 Å². The van der Waals surface area contributed by atoms with Crippen molar-refractivity contribution < 1.29 is 9.53 Å². The molecule has 0 atom stereocenters. The van der Waals surface area contributed by atoms with Crippen LogP contribution in [0.5, 0.6) is 0 Å². The summed E-state index contributed by atoms with van der Waals surface area (Å²) in [6, 6.07) is 0. The van der Waals surface area contributed by atoms with E-state index in [1.54, 1.807) is 0 Å². The number of amides is 1. The Bertz CT molecular complexity index is 677. The van der Waals surface area contributed by atoms with E-state index < -0.39 is 0 Å². The number of rotatable bonds is 33. The number of hydrogen-bond acceptors (Lipinski definition) is 3. The predicted molar refractivity (Wildman–Crippen MR) is 200 cm³/mol. The molecule has 0 aliphatic rings. The Labute approximate surface area is 281 Å². The molecule has 0 aliphatic carbocycles. The molecule has 0 unspecified atom stereocenters. The zero-order valence-electron chi connectivity index (χ0n) is 30.6. The highest BCUT2D eigenvalue weighted by Crippen LogP contribution is 2.10. The van der Waals surface area contributed by atoms with E-state index in [9.17, 15) is 4.79 Å². The topological polar surface area (TPSA) is 32.8 Å². The fourth-order valence-electron chi connectivity index (χ4n) is 5.23. The predicted octanol–water partition coefficient (Wildman–Crippen LogP) is 12.6. The first-order valence-electron chi connectivity index (χ1n) is 19.3. The van der Waals surface area contributed by atoms with Crippen LogP contribution in [0.1, 0.15) is 168 Å². The van der Waals surface area contributed by atoms with E-state index in [4.69, 9.17) is 4.74 Å². The summed E-state index contributed by atoms with van der Waals surface area (Å²) < 4.78 is 5.54. The summed E-state index contributed by atoms with van der Waals surface area (Å²) in [6.07, 6.45) is 49.1. The van der Waals surface area contributed by atoms with Gasteiger partial charge in [-0.1, -0.05) is 140 Å². The van der Waals surface area contributed by atoms with E-state index in [0.29, 0.717) is 19.7 Å². The van der Waals surface area contributed by atoms with Crippen LogP contribution in [0.3, 0.4) is 0 Å². The lowest BCUT2D eigenvalue weighted by Crippen LogP contribution is -2.33. The molecule has 0 N–H and O–H groups in total. The van der Waals surface area contributed by atoms with Crippen LogP contribution in [0, 0.1) is 0 Å². The Morgan fingerprint density at radius 2 is 0.778 bits per heavy atom. The highest BCUT2D eigenvalue weighted by Gasteiger charge is 2.12. The number of likely N-dealkylation sites (N-methyl/N-ethyl adjacent to an activating group) is 1. The minimum Gasteiger partial charge on any atom is -0.448 e. The number of carbonyl (C=O) groups excluding carboxylic acids is 1. The molecule has 0 rings (SSSR count). The first kappa shape index (κ1) is 43.2. The van der Waals surface area contributed by atoms with Gasteiger partial charge in [0.15, 0.2) is 0 Å². The van der Waals surface area contributed by atoms with Gasteiger partial charge in [-0.15, -0.1) is 0 Å². The van der Waals surface area contributed by atoms with Crippen LogP contribution in [-0.4, -0.2) is 56.2 Å². The number of allylic oxidation sites excluding steroid dienone is 6. The highest BCUT2D eigenvalue weighted by atomic mass is 16.6. The first-order valence-corrected chi connectivity index (χ1v) is 19.3. The van der Waals surface area contributed by atoms with Crippen molar-refractivity contribution in [1.82, 2.24) is 9.80 Å². The van der Waals surface area contributed by atoms with E-state index in [1.807, 2.05) is 23.9 Å². The summed E-state index contributed by atoms with van der Waals surface area (Å²) in [7, 11) is 3.99. The third kappa shape index (κ3) is 34.9. The van der Waals surface area contributed by atoms with Crippen molar-refractivity contribution in [3.8, 4) is 0 Å². The molecule has 4 nitrogen and oxygen atoms in total. The Morgan fingerprint density at radius 3 is 1.13 bits per heavy atom. The number of unbranched alkanes of at least 4 members (excludes halogenated alkanes) is 20. The summed E-state index contributed by atoms with van der Waals surface area (Å²) in [5.41, 5.74) is 0. The number of carbonyl (C=O) groups is 1. The van der Waals surface area contributed by atoms with Crippen molar-refractivity contribution in [2.75, 3.05) is 40.3 Å². The molecule has 1 amide bonds. The van der Waals surface area contributed by atoms with Gasteiger partial charge in [0.05, 0.1) is 0 Å². The van der Waals surface area contributed by atoms with Crippen LogP contribution in [0.15, 0.2) is 48.6 Å². The maximum Gasteiger partial charge on any atom is 0.410 e. The molecule has 0 saturated carbocycles. The van der Waals surface area contributed by atoms with Gasteiger partial charge in [-0.25, -0.2) is 4.79 Å². The van der Waals surface area contributed by atoms with Crippen molar-refractivity contribution in [1.29, 1.82) is 0 Å². The van der Waals surface area contributed by atoms with Crippen molar-refractivity contribution >= 4 is 6.09 Å². The Balaban J connectivity index is 4.08. The minimum atomic E-state index is -0.216. The van der Waals surface area contributed by atoms with Crippen molar-refractivity contribution in [2.24, 2.45) is 0 Å². The molecule has 0 saturated heterocycles. The van der Waals surface area contributed by atoms with Gasteiger partial charge in [-0.3, -0.25) is 0 Å². The summed E-state index contributed by atoms with van der Waals surface area (Å²) >= 11 is 0. The molecule has 0 fully saturated rings. The fraction of sp³-hybridized carbons (Fsp3) is 0.780. The average molecular weight is 629 g/mol. The Morgan fingerprint density at radius 1 is 0.467 bits per heavy atom. The molecule has 0 radical (unpaired) electrons. The zero-order valence-corrected chi connectivity index (χ0v) is 30.6. The van der Waals surface area contributed by atoms with Gasteiger partial charge in [-0.2, -0.15) is 0 Å². The Kier molecular flexibility index (Phi) is 35.2. The SMILES string of the molecule is CCCCCCCC/C=C\CCCCC/C=C/CN(C/C=C/CCCCC/C=C\CCCCCCCC)C(=O)OCCN(C)C. The normalized spacial score (nSPS) is 12.2. The smallest absolute Gasteiger partial charge is 0.410 e. The van der Waals surface area contributed by atoms with E-state index in [-0.39, 0.29) is 6.09 Å². The van der Waals surface area contributed by atoms with Gasteiger partial charge in [0.1, 0.15) is 6.61 Å². The second-order valence-electron chi connectivity index (χ2n) is 13.1. The van der Waals surface area contributed by atoms with Crippen LogP contribution in [0.25, 0.3) is 0 Å². The van der Waals surface area contributed by atoms with Gasteiger partial charge < -0.3 is 14.5 Å². The lowest BCUT2D eigenvalue weighted by Gasteiger charge is -2.20. The summed E-state index contributed by atoms with van der Waals surface area (Å²) in [5, 5.41) is 0. The van der Waals surface area contributed by atoms with E-state index in [2.05, 4.69) is 62.5 Å². The summed E-state index contributed by atoms with van der Waals surface area (Å²) in [6.45, 7) is 6.94. The average Bonchev–Trinajstić information content (AvgIpc) is 3.03. The summed E-state index contributed by atoms with van der Waals surface area (Å²) in [4.78, 5) is 16.6. The van der Waals surface area contributed by atoms with Crippen LogP contribution in [-0.2, 0) is 4.74 Å². The number of ether oxygens (including phenoxy) is 1. The maximum absolute atomic E-state index is 12.7. The molecule has 0 aromatic rings. The molecule has 45 heavy (non-hydrogen) atoms. The standard InChI is InChI=1S/C41H76N2O2/c1-5-7-9-11-13-15-17-19-21-23-25-27-29-31-33-35-37-43(41(44)45-40-39-42(3)4)38-36-34-32-30-28-26-24-22-20-18-16-14-12-10-8-6-2/h19-22,33-36H,5-18,23-32,37-40H2,1-4H3/b21-19-,22-20-,35-33+,36-34+. The van der Waals surface area contributed by atoms with E-state index in [0.717, 1.165) is 19.4 Å². The molecule has 262 valence electrons. The van der Waals surface area contributed by atoms with Crippen LogP contribution in [0.4, 0.5) is 4.79 Å². The van der Waals surface area contributed by atoms with E-state index >= 15 is 0 Å². The van der Waals surface area contributed by atoms with Crippen molar-refractivity contribution in [2.45, 2.75) is 168 Å². The maximum atomic E-state index is 12.7. The third-order valence-electron chi connectivity index (χ3n) is 8.27. The molecule has 0 aromatic heterocycles. The Hall–Kier alpha value is -1.81. The zero-order chi connectivity index (χ0) is 32.9. The molecule has 0 aromatic carbocycles. The second-order valence-corrected chi connectivity index (χ2v) is 13.1. The molecule has 0 aliphatic heterocycles. The molecule has 0 heterocycles. The van der Waals surface area contributed by atoms with Gasteiger partial charge in [0, 0.05) is 19.6 Å². The van der Waals surface area contributed by atoms with Gasteiger partial charge in [0.25, 0.3) is 0 Å². The first-order chi connectivity index (χ1) is 22.1. The highest BCUT2D eigenvalue weighted by molar-refractivity contribution is 5.68. The van der Waals surface area contributed by atoms with Gasteiger partial charge in [0.2, 0.25) is 0 Å². The minimum absolute atomic E-state index is 0.216.